The number of carbonyl (C=O) groups is 1. The van der Waals surface area contributed by atoms with Crippen molar-refractivity contribution in [1.29, 1.82) is 0 Å². The lowest BCUT2D eigenvalue weighted by molar-refractivity contribution is -0.231. The Morgan fingerprint density at radius 1 is 1.42 bits per heavy atom. The molecule has 5 nitrogen and oxygen atoms in total. The minimum atomic E-state index is -0.306. The number of ether oxygens (including phenoxy) is 4. The van der Waals surface area contributed by atoms with Crippen molar-refractivity contribution in [2.45, 2.75) is 69.2 Å². The van der Waals surface area contributed by atoms with E-state index < -0.39 is 0 Å². The van der Waals surface area contributed by atoms with Crippen LogP contribution in [0.3, 0.4) is 0 Å². The van der Waals surface area contributed by atoms with Crippen LogP contribution in [0.4, 0.5) is 0 Å². The van der Waals surface area contributed by atoms with E-state index in [0.717, 1.165) is 25.7 Å². The van der Waals surface area contributed by atoms with Crippen LogP contribution in [0, 0.1) is 0 Å². The first kappa shape index (κ1) is 13.5. The number of Topliss-reactive ketones (excluding diaryl/α,β-unsaturated/α-hetero) is 1. The monoisotopic (exact) mass is 270 g/mol. The van der Waals surface area contributed by atoms with Gasteiger partial charge in [0.25, 0.3) is 0 Å². The fourth-order valence-corrected chi connectivity index (χ4v) is 3.50. The minimum Gasteiger partial charge on any atom is -0.367 e. The predicted octanol–water partition coefficient (Wildman–Crippen LogP) is 1.43. The van der Waals surface area contributed by atoms with Gasteiger partial charge in [-0.15, -0.1) is 0 Å². The molecule has 3 rings (SSSR count). The van der Waals surface area contributed by atoms with Gasteiger partial charge >= 0.3 is 0 Å². The Balaban J connectivity index is 1.64. The van der Waals surface area contributed by atoms with Crippen LogP contribution in [0.1, 0.15) is 39.0 Å². The van der Waals surface area contributed by atoms with Crippen molar-refractivity contribution >= 4 is 5.78 Å². The van der Waals surface area contributed by atoms with Crippen LogP contribution in [-0.4, -0.2) is 49.7 Å². The van der Waals surface area contributed by atoms with E-state index in [4.69, 9.17) is 18.9 Å². The maximum atomic E-state index is 11.1. The SMILES string of the molecule is CO[C@@H]1OCC23C[C@H]1O[C@H]2CC[C@H](CCC(C)=O)O3. The zero-order valence-electron chi connectivity index (χ0n) is 11.6. The zero-order valence-corrected chi connectivity index (χ0v) is 11.6. The summed E-state index contributed by atoms with van der Waals surface area (Å²) in [5, 5.41) is 0. The Labute approximate surface area is 113 Å². The molecule has 5 atom stereocenters. The summed E-state index contributed by atoms with van der Waals surface area (Å²) in [6.45, 7) is 2.16. The second kappa shape index (κ2) is 5.13. The average molecular weight is 270 g/mol. The summed E-state index contributed by atoms with van der Waals surface area (Å²) in [5.74, 6) is 0.225. The first-order valence-electron chi connectivity index (χ1n) is 7.10. The van der Waals surface area contributed by atoms with E-state index in [1.165, 1.54) is 0 Å². The van der Waals surface area contributed by atoms with Crippen LogP contribution in [0.15, 0.2) is 0 Å². The second-order valence-electron chi connectivity index (χ2n) is 5.91. The van der Waals surface area contributed by atoms with Gasteiger partial charge in [-0.05, 0) is 26.2 Å². The third kappa shape index (κ3) is 2.44. The van der Waals surface area contributed by atoms with Crippen LogP contribution in [0.2, 0.25) is 0 Å². The van der Waals surface area contributed by atoms with Gasteiger partial charge < -0.3 is 23.7 Å². The highest BCUT2D eigenvalue weighted by Gasteiger charge is 2.58. The van der Waals surface area contributed by atoms with Crippen molar-refractivity contribution in [3.63, 3.8) is 0 Å². The molecule has 0 aromatic carbocycles. The zero-order chi connectivity index (χ0) is 13.5. The quantitative estimate of drug-likeness (QED) is 0.773. The van der Waals surface area contributed by atoms with Crippen molar-refractivity contribution in [1.82, 2.24) is 0 Å². The standard InChI is InChI=1S/C14H22O5/c1-9(15)3-4-10-5-6-12-14(19-10)7-11(18-12)13(16-2)17-8-14/h10-13H,3-8H2,1-2H3/t10-,11+,12-,13+,14?/m0/s1. The molecule has 3 fully saturated rings. The molecule has 108 valence electrons. The Kier molecular flexibility index (Phi) is 3.64. The van der Waals surface area contributed by atoms with Crippen LogP contribution in [-0.2, 0) is 23.7 Å². The van der Waals surface area contributed by atoms with Crippen molar-refractivity contribution < 1.29 is 23.7 Å². The summed E-state index contributed by atoms with van der Waals surface area (Å²) < 4.78 is 23.3. The largest absolute Gasteiger partial charge is 0.367 e. The fourth-order valence-electron chi connectivity index (χ4n) is 3.50. The highest BCUT2D eigenvalue weighted by atomic mass is 16.7. The molecule has 3 saturated heterocycles. The third-order valence-corrected chi connectivity index (χ3v) is 4.47. The predicted molar refractivity (Wildman–Crippen MR) is 66.8 cm³/mol. The van der Waals surface area contributed by atoms with Crippen LogP contribution >= 0.6 is 0 Å². The summed E-state index contributed by atoms with van der Waals surface area (Å²) in [6.07, 6.45) is 4.18. The Bertz CT molecular complexity index is 358. The van der Waals surface area contributed by atoms with E-state index in [2.05, 4.69) is 0 Å². The number of carbonyl (C=O) groups excluding carboxylic acids is 1. The van der Waals surface area contributed by atoms with E-state index in [0.29, 0.717) is 13.0 Å². The van der Waals surface area contributed by atoms with Gasteiger partial charge in [-0.1, -0.05) is 0 Å². The van der Waals surface area contributed by atoms with Gasteiger partial charge in [0, 0.05) is 20.0 Å². The van der Waals surface area contributed by atoms with Gasteiger partial charge in [0.2, 0.25) is 0 Å². The van der Waals surface area contributed by atoms with Gasteiger partial charge in [-0.25, -0.2) is 0 Å². The van der Waals surface area contributed by atoms with E-state index in [9.17, 15) is 4.79 Å². The average Bonchev–Trinajstić information content (AvgIpc) is 2.69. The summed E-state index contributed by atoms with van der Waals surface area (Å²) in [7, 11) is 1.64. The van der Waals surface area contributed by atoms with Crippen LogP contribution in [0.25, 0.3) is 0 Å². The van der Waals surface area contributed by atoms with E-state index in [1.807, 2.05) is 0 Å². The number of fused-ring (bicyclic) bond motifs is 1. The summed E-state index contributed by atoms with van der Waals surface area (Å²) in [4.78, 5) is 11.1. The van der Waals surface area contributed by atoms with Crippen molar-refractivity contribution in [3.8, 4) is 0 Å². The molecule has 1 spiro atoms. The normalized spacial score (nSPS) is 44.9. The number of hydrogen-bond acceptors (Lipinski definition) is 5. The number of ketones is 1. The molecule has 19 heavy (non-hydrogen) atoms. The van der Waals surface area contributed by atoms with Crippen molar-refractivity contribution in [2.75, 3.05) is 13.7 Å². The molecule has 0 radical (unpaired) electrons. The first-order chi connectivity index (χ1) is 9.13. The first-order valence-corrected chi connectivity index (χ1v) is 7.10. The van der Waals surface area contributed by atoms with E-state index >= 15 is 0 Å². The molecule has 2 bridgehead atoms. The molecule has 0 aliphatic carbocycles. The molecule has 5 heteroatoms. The van der Waals surface area contributed by atoms with Crippen molar-refractivity contribution in [2.24, 2.45) is 0 Å². The van der Waals surface area contributed by atoms with Gasteiger partial charge in [-0.3, -0.25) is 0 Å². The molecule has 3 aliphatic rings. The van der Waals surface area contributed by atoms with Crippen molar-refractivity contribution in [3.05, 3.63) is 0 Å². The number of rotatable bonds is 4. The summed E-state index contributed by atoms with van der Waals surface area (Å²) in [5.41, 5.74) is -0.306. The number of hydrogen-bond donors (Lipinski definition) is 0. The molecule has 0 aromatic heterocycles. The van der Waals surface area contributed by atoms with Gasteiger partial charge in [0.1, 0.15) is 17.5 Å². The van der Waals surface area contributed by atoms with E-state index in [-0.39, 0.29) is 36.0 Å². The molecule has 0 aromatic rings. The lowest BCUT2D eigenvalue weighted by atomic mass is 9.85. The number of methoxy groups -OCH3 is 1. The Morgan fingerprint density at radius 3 is 3.00 bits per heavy atom. The molecule has 0 saturated carbocycles. The fraction of sp³-hybridized carbons (Fsp3) is 0.929. The van der Waals surface area contributed by atoms with Gasteiger partial charge in [0.05, 0.1) is 18.8 Å². The van der Waals surface area contributed by atoms with Crippen LogP contribution < -0.4 is 0 Å². The highest BCUT2D eigenvalue weighted by molar-refractivity contribution is 5.75. The molecular formula is C14H22O5. The Morgan fingerprint density at radius 2 is 2.26 bits per heavy atom. The van der Waals surface area contributed by atoms with Gasteiger partial charge in [-0.2, -0.15) is 0 Å². The molecule has 1 unspecified atom stereocenters. The molecule has 3 heterocycles. The third-order valence-electron chi connectivity index (χ3n) is 4.47. The highest BCUT2D eigenvalue weighted by Crippen LogP contribution is 2.46. The molecular weight excluding hydrogens is 248 g/mol. The second-order valence-corrected chi connectivity index (χ2v) is 5.91. The molecule has 0 amide bonds. The summed E-state index contributed by atoms with van der Waals surface area (Å²) >= 11 is 0. The lowest BCUT2D eigenvalue weighted by Gasteiger charge is -2.43. The Hall–Kier alpha value is -0.490. The lowest BCUT2D eigenvalue weighted by Crippen LogP contribution is -2.54. The van der Waals surface area contributed by atoms with Gasteiger partial charge in [0.15, 0.2) is 6.29 Å². The smallest absolute Gasteiger partial charge is 0.183 e. The summed E-state index contributed by atoms with van der Waals surface area (Å²) in [6, 6.07) is 0. The van der Waals surface area contributed by atoms with E-state index in [1.54, 1.807) is 14.0 Å². The molecule has 3 aliphatic heterocycles. The topological polar surface area (TPSA) is 54.0 Å². The minimum absolute atomic E-state index is 0.0182. The maximum Gasteiger partial charge on any atom is 0.183 e. The molecule has 0 N–H and O–H groups in total. The van der Waals surface area contributed by atoms with Crippen LogP contribution in [0.5, 0.6) is 0 Å². The maximum absolute atomic E-state index is 11.1.